The number of nitro groups is 1. The van der Waals surface area contributed by atoms with E-state index in [9.17, 15) is 10.1 Å². The summed E-state index contributed by atoms with van der Waals surface area (Å²) in [5.74, 6) is 1.08. The summed E-state index contributed by atoms with van der Waals surface area (Å²) in [6.45, 7) is 1.86. The maximum atomic E-state index is 10.8. The van der Waals surface area contributed by atoms with Crippen molar-refractivity contribution in [3.8, 4) is 0 Å². The minimum absolute atomic E-state index is 0.00547. The van der Waals surface area contributed by atoms with E-state index in [0.29, 0.717) is 5.82 Å². The Labute approximate surface area is 97.4 Å². The number of H-pyrrole nitrogens is 1. The van der Waals surface area contributed by atoms with Gasteiger partial charge in [0.25, 0.3) is 0 Å². The van der Waals surface area contributed by atoms with E-state index in [1.54, 1.807) is 24.6 Å². The monoisotopic (exact) mass is 234 g/mol. The lowest BCUT2D eigenvalue weighted by Crippen LogP contribution is -2.17. The molecule has 88 valence electrons. The molecule has 2 heterocycles. The first-order valence-electron chi connectivity index (χ1n) is 5.13. The summed E-state index contributed by atoms with van der Waals surface area (Å²) in [5, 5.41) is 13.8. The van der Waals surface area contributed by atoms with Crippen LogP contribution in [0.3, 0.4) is 0 Å². The van der Waals surface area contributed by atoms with Gasteiger partial charge in [-0.3, -0.25) is 15.4 Å². The van der Waals surface area contributed by atoms with Gasteiger partial charge in [0.2, 0.25) is 0 Å². The van der Waals surface area contributed by atoms with Gasteiger partial charge in [0.1, 0.15) is 11.8 Å². The number of nitrogens with one attached hydrogen (secondary N) is 2. The standard InChI is InChI=1S/C11H11N3O3/c1-8(10-5-3-7-17-10)13-11-9(14(15)16)4-2-6-12-11/h2-8H,1H3,(H,12,13)/p+1/t8-/m1/s1. The average Bonchev–Trinajstić information content (AvgIpc) is 2.83. The molecule has 0 saturated heterocycles. The van der Waals surface area contributed by atoms with Crippen LogP contribution in [0.1, 0.15) is 18.7 Å². The highest BCUT2D eigenvalue weighted by Crippen LogP contribution is 2.23. The van der Waals surface area contributed by atoms with Crippen LogP contribution in [0.5, 0.6) is 0 Å². The molecular weight excluding hydrogens is 222 g/mol. The fourth-order valence-electron chi connectivity index (χ4n) is 1.52. The molecule has 0 fully saturated rings. The van der Waals surface area contributed by atoms with E-state index < -0.39 is 4.92 Å². The predicted molar refractivity (Wildman–Crippen MR) is 60.4 cm³/mol. The molecule has 0 unspecified atom stereocenters. The molecular formula is C11H12N3O3+. The first kappa shape index (κ1) is 11.1. The number of hydrogen-bond donors (Lipinski definition) is 1. The fraction of sp³-hybridized carbons (Fsp3) is 0.182. The number of rotatable bonds is 4. The number of nitrogens with zero attached hydrogens (tertiary/aromatic N) is 1. The normalized spacial score (nSPS) is 12.1. The van der Waals surface area contributed by atoms with Gasteiger partial charge in [-0.2, -0.15) is 0 Å². The van der Waals surface area contributed by atoms with Crippen LogP contribution in [0.15, 0.2) is 41.1 Å². The Bertz CT molecular complexity index is 510. The number of aromatic nitrogens is 1. The zero-order valence-electron chi connectivity index (χ0n) is 9.21. The molecule has 2 N–H and O–H groups in total. The van der Waals surface area contributed by atoms with Crippen LogP contribution in [-0.4, -0.2) is 4.92 Å². The van der Waals surface area contributed by atoms with E-state index in [2.05, 4.69) is 10.3 Å². The van der Waals surface area contributed by atoms with Crippen LogP contribution in [0.4, 0.5) is 11.5 Å². The van der Waals surface area contributed by atoms with Gasteiger partial charge in [-0.15, -0.1) is 0 Å². The largest absolute Gasteiger partial charge is 0.465 e. The second kappa shape index (κ2) is 4.65. The number of anilines is 1. The van der Waals surface area contributed by atoms with Gasteiger partial charge >= 0.3 is 11.5 Å². The van der Waals surface area contributed by atoms with Crippen molar-refractivity contribution in [1.82, 2.24) is 0 Å². The molecule has 0 saturated carbocycles. The minimum atomic E-state index is -0.437. The second-order valence-electron chi connectivity index (χ2n) is 3.57. The van der Waals surface area contributed by atoms with Crippen LogP contribution >= 0.6 is 0 Å². The van der Waals surface area contributed by atoms with Crippen LogP contribution in [0, 0.1) is 10.1 Å². The molecule has 0 bridgehead atoms. The van der Waals surface area contributed by atoms with E-state index in [-0.39, 0.29) is 11.7 Å². The quantitative estimate of drug-likeness (QED) is 0.649. The number of pyridine rings is 1. The van der Waals surface area contributed by atoms with Gasteiger partial charge in [0, 0.05) is 6.07 Å². The smallest absolute Gasteiger partial charge is 0.357 e. The van der Waals surface area contributed by atoms with E-state index in [1.807, 2.05) is 13.0 Å². The van der Waals surface area contributed by atoms with Crippen LogP contribution in [-0.2, 0) is 0 Å². The third-order valence-electron chi connectivity index (χ3n) is 2.36. The van der Waals surface area contributed by atoms with E-state index >= 15 is 0 Å². The highest BCUT2D eigenvalue weighted by Gasteiger charge is 2.23. The first-order chi connectivity index (χ1) is 8.18. The SMILES string of the molecule is C[C@@H](Nc1[nH+]cccc1[N+](=O)[O-])c1ccco1. The Kier molecular flexibility index (Phi) is 3.04. The van der Waals surface area contributed by atoms with Gasteiger partial charge < -0.3 is 4.42 Å². The molecule has 2 aromatic rings. The summed E-state index contributed by atoms with van der Waals surface area (Å²) in [6.07, 6.45) is 3.20. The molecule has 0 radical (unpaired) electrons. The van der Waals surface area contributed by atoms with Crippen molar-refractivity contribution >= 4 is 11.5 Å². The molecule has 0 amide bonds. The summed E-state index contributed by atoms with van der Waals surface area (Å²) in [6, 6.07) is 6.46. The Balaban J connectivity index is 2.21. The highest BCUT2D eigenvalue weighted by atomic mass is 16.6. The molecule has 17 heavy (non-hydrogen) atoms. The fourth-order valence-corrected chi connectivity index (χ4v) is 1.52. The molecule has 0 aliphatic heterocycles. The van der Waals surface area contributed by atoms with E-state index in [4.69, 9.17) is 4.42 Å². The predicted octanol–water partition coefficient (Wildman–Crippen LogP) is 2.17. The summed E-state index contributed by atoms with van der Waals surface area (Å²) < 4.78 is 5.22. The van der Waals surface area contributed by atoms with Crippen LogP contribution in [0.25, 0.3) is 0 Å². The van der Waals surface area contributed by atoms with Crippen molar-refractivity contribution in [1.29, 1.82) is 0 Å². The molecule has 1 atom stereocenters. The Hall–Kier alpha value is -2.37. The Morgan fingerprint density at radius 2 is 2.29 bits per heavy atom. The molecule has 0 spiro atoms. The van der Waals surface area contributed by atoms with E-state index in [0.717, 1.165) is 5.76 Å². The molecule has 2 aromatic heterocycles. The number of hydrogen-bond acceptors (Lipinski definition) is 4. The Morgan fingerprint density at radius 3 is 2.94 bits per heavy atom. The summed E-state index contributed by atoms with van der Waals surface area (Å²) >= 11 is 0. The Morgan fingerprint density at radius 1 is 1.47 bits per heavy atom. The van der Waals surface area contributed by atoms with Gasteiger partial charge in [-0.1, -0.05) is 0 Å². The maximum absolute atomic E-state index is 10.8. The lowest BCUT2D eigenvalue weighted by Gasteiger charge is -2.05. The average molecular weight is 234 g/mol. The van der Waals surface area contributed by atoms with Gasteiger partial charge in [0.15, 0.2) is 0 Å². The van der Waals surface area contributed by atoms with Crippen molar-refractivity contribution in [3.05, 3.63) is 52.6 Å². The van der Waals surface area contributed by atoms with Gasteiger partial charge in [-0.05, 0) is 25.1 Å². The molecule has 2 rings (SSSR count). The number of aromatic amines is 1. The zero-order valence-corrected chi connectivity index (χ0v) is 9.21. The maximum Gasteiger partial charge on any atom is 0.357 e. The lowest BCUT2D eigenvalue weighted by molar-refractivity contribution is -0.410. The third-order valence-corrected chi connectivity index (χ3v) is 2.36. The first-order valence-corrected chi connectivity index (χ1v) is 5.13. The topological polar surface area (TPSA) is 82.5 Å². The summed E-state index contributed by atoms with van der Waals surface area (Å²) in [4.78, 5) is 13.2. The molecule has 6 nitrogen and oxygen atoms in total. The lowest BCUT2D eigenvalue weighted by atomic mass is 10.2. The highest BCUT2D eigenvalue weighted by molar-refractivity contribution is 5.51. The molecule has 6 heteroatoms. The van der Waals surface area contributed by atoms with Crippen LogP contribution < -0.4 is 10.3 Å². The van der Waals surface area contributed by atoms with Gasteiger partial charge in [-0.25, -0.2) is 4.98 Å². The van der Waals surface area contributed by atoms with Crippen molar-refractivity contribution in [2.45, 2.75) is 13.0 Å². The van der Waals surface area contributed by atoms with Crippen molar-refractivity contribution < 1.29 is 14.3 Å². The molecule has 0 aliphatic carbocycles. The van der Waals surface area contributed by atoms with Crippen molar-refractivity contribution in [3.63, 3.8) is 0 Å². The summed E-state index contributed by atoms with van der Waals surface area (Å²) in [7, 11) is 0. The van der Waals surface area contributed by atoms with Crippen molar-refractivity contribution in [2.24, 2.45) is 0 Å². The van der Waals surface area contributed by atoms with E-state index in [1.165, 1.54) is 6.07 Å². The van der Waals surface area contributed by atoms with Gasteiger partial charge in [0.05, 0.1) is 17.4 Å². The molecule has 0 aliphatic rings. The third kappa shape index (κ3) is 2.41. The zero-order chi connectivity index (χ0) is 12.3. The number of furan rings is 1. The second-order valence-corrected chi connectivity index (χ2v) is 3.57. The summed E-state index contributed by atoms with van der Waals surface area (Å²) in [5.41, 5.74) is 0.00547. The van der Waals surface area contributed by atoms with Crippen molar-refractivity contribution in [2.75, 3.05) is 5.32 Å². The minimum Gasteiger partial charge on any atom is -0.465 e. The molecule has 0 aromatic carbocycles. The van der Waals surface area contributed by atoms with Crippen LogP contribution in [0.2, 0.25) is 0 Å².